The number of halogens is 2. The maximum Gasteiger partial charge on any atom is 0.264 e. The van der Waals surface area contributed by atoms with Crippen molar-refractivity contribution in [3.63, 3.8) is 0 Å². The van der Waals surface area contributed by atoms with Crippen molar-refractivity contribution >= 4 is 50.7 Å². The number of anilines is 1. The van der Waals surface area contributed by atoms with Crippen LogP contribution >= 0.6 is 23.2 Å². The normalized spacial score (nSPS) is 14.4. The molecule has 0 aliphatic heterocycles. The van der Waals surface area contributed by atoms with Gasteiger partial charge in [0.15, 0.2) is 0 Å². The highest BCUT2D eigenvalue weighted by atomic mass is 35.5. The number of rotatable bonds is 12. The SMILES string of the molecule is CCC(C(=O)NC1CCCC1)N(Cc1ccc(Cl)cc1Cl)C(=O)CN(c1ccc(C(C)C)cc1)S(=O)(=O)c1ccc(C)cc1. The fraction of sp³-hybridized carbons (Fsp3) is 0.412. The van der Waals surface area contributed by atoms with E-state index in [0.717, 1.165) is 41.1 Å². The second kappa shape index (κ2) is 14.8. The van der Waals surface area contributed by atoms with Crippen molar-refractivity contribution < 1.29 is 18.0 Å². The van der Waals surface area contributed by atoms with Crippen molar-refractivity contribution in [2.24, 2.45) is 0 Å². The number of carbonyl (C=O) groups excluding carboxylic acids is 2. The van der Waals surface area contributed by atoms with Gasteiger partial charge in [-0.25, -0.2) is 8.42 Å². The first-order valence-corrected chi connectivity index (χ1v) is 17.3. The molecule has 0 bridgehead atoms. The smallest absolute Gasteiger partial charge is 0.264 e. The first kappa shape index (κ1) is 33.8. The lowest BCUT2D eigenvalue weighted by molar-refractivity contribution is -0.140. The molecule has 0 radical (unpaired) electrons. The summed E-state index contributed by atoms with van der Waals surface area (Å²) >= 11 is 12.7. The number of carbonyl (C=O) groups is 2. The van der Waals surface area contributed by atoms with Crippen LogP contribution in [0.25, 0.3) is 0 Å². The first-order chi connectivity index (χ1) is 20.9. The lowest BCUT2D eigenvalue weighted by atomic mass is 10.0. The highest BCUT2D eigenvalue weighted by molar-refractivity contribution is 7.92. The van der Waals surface area contributed by atoms with E-state index >= 15 is 0 Å². The third-order valence-electron chi connectivity index (χ3n) is 8.18. The molecule has 1 aliphatic rings. The topological polar surface area (TPSA) is 86.8 Å². The molecular formula is C34H41Cl2N3O4S. The summed E-state index contributed by atoms with van der Waals surface area (Å²) in [6.45, 7) is 7.34. The molecule has 1 N–H and O–H groups in total. The summed E-state index contributed by atoms with van der Waals surface area (Å²) in [5.41, 5.74) is 2.92. The fourth-order valence-electron chi connectivity index (χ4n) is 5.51. The Morgan fingerprint density at radius 3 is 2.16 bits per heavy atom. The molecule has 0 aromatic heterocycles. The van der Waals surface area contributed by atoms with E-state index in [-0.39, 0.29) is 29.3 Å². The Morgan fingerprint density at radius 1 is 0.955 bits per heavy atom. The van der Waals surface area contributed by atoms with Gasteiger partial charge in [0, 0.05) is 22.6 Å². The van der Waals surface area contributed by atoms with Gasteiger partial charge in [-0.1, -0.05) is 92.7 Å². The number of hydrogen-bond donors (Lipinski definition) is 1. The van der Waals surface area contributed by atoms with E-state index in [1.54, 1.807) is 54.6 Å². The van der Waals surface area contributed by atoms with Gasteiger partial charge in [0.2, 0.25) is 11.8 Å². The molecule has 1 fully saturated rings. The van der Waals surface area contributed by atoms with Gasteiger partial charge >= 0.3 is 0 Å². The van der Waals surface area contributed by atoms with E-state index in [1.165, 1.54) is 4.90 Å². The Bertz CT molecular complexity index is 1550. The number of benzene rings is 3. The average Bonchev–Trinajstić information content (AvgIpc) is 3.50. The highest BCUT2D eigenvalue weighted by Gasteiger charge is 2.35. The van der Waals surface area contributed by atoms with Crippen LogP contribution in [0.3, 0.4) is 0 Å². The molecule has 1 unspecified atom stereocenters. The maximum atomic E-state index is 14.3. The Balaban J connectivity index is 1.74. The second-order valence-electron chi connectivity index (χ2n) is 11.7. The Hall–Kier alpha value is -3.07. The standard InChI is InChI=1S/C34H41Cl2N3O4S/c1-5-32(34(41)37-28-8-6-7-9-28)38(21-26-12-15-27(35)20-31(26)36)33(40)22-39(29-16-13-25(14-17-29)23(2)3)44(42,43)30-18-10-24(4)11-19-30/h10-20,23,28,32H,5-9,21-22H2,1-4H3,(H,37,41). The van der Waals surface area contributed by atoms with E-state index in [9.17, 15) is 18.0 Å². The first-order valence-electron chi connectivity index (χ1n) is 15.1. The molecule has 4 rings (SSSR count). The summed E-state index contributed by atoms with van der Waals surface area (Å²) in [4.78, 5) is 29.5. The average molecular weight is 659 g/mol. The molecule has 3 aromatic carbocycles. The second-order valence-corrected chi connectivity index (χ2v) is 14.4. The van der Waals surface area contributed by atoms with Crippen LogP contribution in [0.5, 0.6) is 0 Å². The van der Waals surface area contributed by atoms with Crippen LogP contribution in [0.15, 0.2) is 71.6 Å². The number of aryl methyl sites for hydroxylation is 1. The molecule has 0 saturated heterocycles. The molecule has 7 nitrogen and oxygen atoms in total. The van der Waals surface area contributed by atoms with Crippen LogP contribution in [-0.4, -0.2) is 43.8 Å². The number of sulfonamides is 1. The fourth-order valence-corrected chi connectivity index (χ4v) is 7.39. The van der Waals surface area contributed by atoms with Gasteiger partial charge < -0.3 is 10.2 Å². The molecule has 1 saturated carbocycles. The zero-order valence-corrected chi connectivity index (χ0v) is 28.1. The van der Waals surface area contributed by atoms with Crippen molar-refractivity contribution in [1.82, 2.24) is 10.2 Å². The van der Waals surface area contributed by atoms with Crippen LogP contribution in [0.2, 0.25) is 10.0 Å². The summed E-state index contributed by atoms with van der Waals surface area (Å²) in [5.74, 6) is -0.531. The Morgan fingerprint density at radius 2 is 1.59 bits per heavy atom. The van der Waals surface area contributed by atoms with Crippen molar-refractivity contribution in [3.05, 3.63) is 93.5 Å². The molecule has 236 valence electrons. The minimum atomic E-state index is -4.15. The highest BCUT2D eigenvalue weighted by Crippen LogP contribution is 2.28. The molecule has 0 spiro atoms. The van der Waals surface area contributed by atoms with Crippen LogP contribution in [0.1, 0.15) is 75.5 Å². The number of hydrogen-bond acceptors (Lipinski definition) is 4. The summed E-state index contributed by atoms with van der Waals surface area (Å²) < 4.78 is 29.4. The van der Waals surface area contributed by atoms with E-state index in [1.807, 2.05) is 26.0 Å². The molecule has 3 aromatic rings. The maximum absolute atomic E-state index is 14.3. The molecule has 1 atom stereocenters. The lowest BCUT2D eigenvalue weighted by Gasteiger charge is -2.34. The summed E-state index contributed by atoms with van der Waals surface area (Å²) in [6, 6.07) is 17.9. The van der Waals surface area contributed by atoms with Gasteiger partial charge in [-0.3, -0.25) is 13.9 Å². The minimum Gasteiger partial charge on any atom is -0.352 e. The van der Waals surface area contributed by atoms with Crippen molar-refractivity contribution in [1.29, 1.82) is 0 Å². The molecule has 0 heterocycles. The molecule has 1 aliphatic carbocycles. The molecule has 44 heavy (non-hydrogen) atoms. The lowest BCUT2D eigenvalue weighted by Crippen LogP contribution is -2.53. The van der Waals surface area contributed by atoms with Gasteiger partial charge in [-0.15, -0.1) is 0 Å². The Labute approximate surface area is 271 Å². The number of nitrogens with zero attached hydrogens (tertiary/aromatic N) is 2. The zero-order chi connectivity index (χ0) is 32.0. The van der Waals surface area contributed by atoms with E-state index < -0.39 is 28.5 Å². The molecule has 2 amide bonds. The van der Waals surface area contributed by atoms with E-state index in [4.69, 9.17) is 23.2 Å². The van der Waals surface area contributed by atoms with E-state index in [2.05, 4.69) is 19.2 Å². The van der Waals surface area contributed by atoms with Gasteiger partial charge in [-0.05, 0) is 79.6 Å². The van der Waals surface area contributed by atoms with Crippen molar-refractivity contribution in [2.45, 2.75) is 89.2 Å². The number of amides is 2. The third kappa shape index (κ3) is 8.14. The minimum absolute atomic E-state index is 0.0101. The van der Waals surface area contributed by atoms with Crippen LogP contribution in [-0.2, 0) is 26.2 Å². The van der Waals surface area contributed by atoms with Gasteiger partial charge in [-0.2, -0.15) is 0 Å². The van der Waals surface area contributed by atoms with Crippen LogP contribution in [0.4, 0.5) is 5.69 Å². The molecular weight excluding hydrogens is 617 g/mol. The van der Waals surface area contributed by atoms with E-state index in [0.29, 0.717) is 27.7 Å². The Kier molecular flexibility index (Phi) is 11.4. The summed E-state index contributed by atoms with van der Waals surface area (Å²) in [7, 11) is -4.15. The predicted octanol–water partition coefficient (Wildman–Crippen LogP) is 7.49. The van der Waals surface area contributed by atoms with Crippen LogP contribution < -0.4 is 9.62 Å². The quantitative estimate of drug-likeness (QED) is 0.219. The largest absolute Gasteiger partial charge is 0.352 e. The zero-order valence-electron chi connectivity index (χ0n) is 25.7. The third-order valence-corrected chi connectivity index (χ3v) is 10.6. The summed E-state index contributed by atoms with van der Waals surface area (Å²) in [6.07, 6.45) is 4.23. The van der Waals surface area contributed by atoms with Gasteiger partial charge in [0.05, 0.1) is 10.6 Å². The predicted molar refractivity (Wildman–Crippen MR) is 178 cm³/mol. The van der Waals surface area contributed by atoms with Crippen LogP contribution in [0, 0.1) is 6.92 Å². The molecule has 10 heteroatoms. The number of nitrogens with one attached hydrogen (secondary N) is 1. The van der Waals surface area contributed by atoms with Gasteiger partial charge in [0.1, 0.15) is 12.6 Å². The van der Waals surface area contributed by atoms with Crippen molar-refractivity contribution in [2.75, 3.05) is 10.8 Å². The van der Waals surface area contributed by atoms with Crippen molar-refractivity contribution in [3.8, 4) is 0 Å². The van der Waals surface area contributed by atoms with Gasteiger partial charge in [0.25, 0.3) is 10.0 Å². The monoisotopic (exact) mass is 657 g/mol. The summed E-state index contributed by atoms with van der Waals surface area (Å²) in [5, 5.41) is 3.92.